The second-order valence-corrected chi connectivity index (χ2v) is 8.11. The minimum absolute atomic E-state index is 0.495. The van der Waals surface area contributed by atoms with Gasteiger partial charge in [-0.05, 0) is 48.6 Å². The smallest absolute Gasteiger partial charge is 0.0859 e. The van der Waals surface area contributed by atoms with Gasteiger partial charge < -0.3 is 10.3 Å². The van der Waals surface area contributed by atoms with Gasteiger partial charge in [0.15, 0.2) is 0 Å². The van der Waals surface area contributed by atoms with E-state index in [1.165, 1.54) is 55.1 Å². The van der Waals surface area contributed by atoms with E-state index < -0.39 is 0 Å². The van der Waals surface area contributed by atoms with Crippen molar-refractivity contribution in [1.29, 1.82) is 0 Å². The number of quaternary nitrogens is 1. The summed E-state index contributed by atoms with van der Waals surface area (Å²) in [7, 11) is 0. The van der Waals surface area contributed by atoms with Crippen molar-refractivity contribution in [3.8, 4) is 0 Å². The van der Waals surface area contributed by atoms with Crippen LogP contribution in [0.5, 0.6) is 0 Å². The topological polar surface area (TPSA) is 32.4 Å². The third-order valence-corrected chi connectivity index (χ3v) is 5.59. The van der Waals surface area contributed by atoms with Crippen LogP contribution >= 0.6 is 0 Å². The molecule has 0 amide bonds. The van der Waals surface area contributed by atoms with Gasteiger partial charge in [-0.15, -0.1) is 0 Å². The normalized spacial score (nSPS) is 23.0. The number of fused-ring (bicyclic) bond motifs is 1. The molecule has 1 fully saturated rings. The fraction of sp³-hybridized carbons (Fsp3) is 0.600. The van der Waals surface area contributed by atoms with E-state index in [4.69, 9.17) is 0 Å². The van der Waals surface area contributed by atoms with Crippen LogP contribution in [0.3, 0.4) is 0 Å². The molecule has 0 atom stereocenters. The molecule has 22 heavy (non-hydrogen) atoms. The first-order valence-electron chi connectivity index (χ1n) is 8.92. The van der Waals surface area contributed by atoms with Crippen LogP contribution in [0.2, 0.25) is 0 Å². The SMILES string of the molecule is CC(C)(C)C1CCC([NH2+]CCc2c[nH]c3ccccc23)CC1. The largest absolute Gasteiger partial charge is 0.361 e. The van der Waals surface area contributed by atoms with Crippen LogP contribution in [0.4, 0.5) is 0 Å². The minimum atomic E-state index is 0.495. The molecule has 0 aliphatic heterocycles. The highest BCUT2D eigenvalue weighted by atomic mass is 14.9. The van der Waals surface area contributed by atoms with E-state index in [2.05, 4.69) is 61.5 Å². The van der Waals surface area contributed by atoms with Crippen LogP contribution < -0.4 is 5.32 Å². The van der Waals surface area contributed by atoms with E-state index in [1.54, 1.807) is 0 Å². The van der Waals surface area contributed by atoms with Crippen LogP contribution in [0.1, 0.15) is 52.0 Å². The molecular formula is C20H31N2+. The Balaban J connectivity index is 1.46. The summed E-state index contributed by atoms with van der Waals surface area (Å²) in [5.41, 5.74) is 3.23. The van der Waals surface area contributed by atoms with E-state index >= 15 is 0 Å². The predicted molar refractivity (Wildman–Crippen MR) is 94.0 cm³/mol. The number of nitrogens with two attached hydrogens (primary N) is 1. The molecule has 0 saturated heterocycles. The summed E-state index contributed by atoms with van der Waals surface area (Å²) >= 11 is 0. The van der Waals surface area contributed by atoms with Crippen molar-refractivity contribution in [2.24, 2.45) is 11.3 Å². The van der Waals surface area contributed by atoms with Crippen LogP contribution in [0.15, 0.2) is 30.5 Å². The van der Waals surface area contributed by atoms with Crippen LogP contribution in [-0.4, -0.2) is 17.6 Å². The Hall–Kier alpha value is -1.28. The summed E-state index contributed by atoms with van der Waals surface area (Å²) in [6, 6.07) is 9.48. The first kappa shape index (κ1) is 15.6. The molecular weight excluding hydrogens is 268 g/mol. The summed E-state index contributed by atoms with van der Waals surface area (Å²) in [5, 5.41) is 3.99. The standard InChI is InChI=1S/C20H30N2/c1-20(2,3)16-8-10-17(11-9-16)21-13-12-15-14-22-19-7-5-4-6-18(15)19/h4-7,14,16-17,21-22H,8-13H2,1-3H3/p+1. The van der Waals surface area contributed by atoms with Crippen LogP contribution in [0, 0.1) is 11.3 Å². The van der Waals surface area contributed by atoms with Crippen molar-refractivity contribution >= 4 is 10.9 Å². The maximum Gasteiger partial charge on any atom is 0.0859 e. The summed E-state index contributed by atoms with van der Waals surface area (Å²) < 4.78 is 0. The van der Waals surface area contributed by atoms with Crippen molar-refractivity contribution < 1.29 is 5.32 Å². The zero-order valence-electron chi connectivity index (χ0n) is 14.4. The first-order chi connectivity index (χ1) is 10.5. The maximum absolute atomic E-state index is 3.39. The molecule has 1 aliphatic rings. The predicted octanol–water partition coefficient (Wildman–Crippen LogP) is 3.88. The molecule has 2 aromatic rings. The van der Waals surface area contributed by atoms with Crippen molar-refractivity contribution in [3.63, 3.8) is 0 Å². The molecule has 3 N–H and O–H groups in total. The van der Waals surface area contributed by atoms with Crippen LogP contribution in [-0.2, 0) is 6.42 Å². The first-order valence-corrected chi connectivity index (χ1v) is 8.92. The van der Waals surface area contributed by atoms with Gasteiger partial charge in [-0.25, -0.2) is 0 Å². The lowest BCUT2D eigenvalue weighted by atomic mass is 9.71. The van der Waals surface area contributed by atoms with Crippen molar-refractivity contribution in [3.05, 3.63) is 36.0 Å². The highest BCUT2D eigenvalue weighted by Crippen LogP contribution is 2.37. The molecule has 0 unspecified atom stereocenters. The monoisotopic (exact) mass is 299 g/mol. The Bertz CT molecular complexity index is 597. The van der Waals surface area contributed by atoms with Gasteiger partial charge in [0.1, 0.15) is 0 Å². The molecule has 2 heteroatoms. The highest BCUT2D eigenvalue weighted by molar-refractivity contribution is 5.82. The average molecular weight is 299 g/mol. The van der Waals surface area contributed by atoms with Gasteiger partial charge >= 0.3 is 0 Å². The maximum atomic E-state index is 3.39. The highest BCUT2D eigenvalue weighted by Gasteiger charge is 2.30. The summed E-state index contributed by atoms with van der Waals surface area (Å²) in [6.45, 7) is 8.42. The average Bonchev–Trinajstić information content (AvgIpc) is 2.90. The Labute approximate surface area is 134 Å². The molecule has 1 aromatic heterocycles. The van der Waals surface area contributed by atoms with Gasteiger partial charge in [0.05, 0.1) is 12.6 Å². The number of nitrogens with one attached hydrogen (secondary N) is 1. The van der Waals surface area contributed by atoms with Gasteiger partial charge in [0, 0.05) is 23.5 Å². The summed E-state index contributed by atoms with van der Waals surface area (Å²) in [4.78, 5) is 3.39. The third-order valence-electron chi connectivity index (χ3n) is 5.59. The lowest BCUT2D eigenvalue weighted by molar-refractivity contribution is -0.691. The van der Waals surface area contributed by atoms with Crippen molar-refractivity contribution in [2.75, 3.05) is 6.54 Å². The Morgan fingerprint density at radius 3 is 2.55 bits per heavy atom. The second-order valence-electron chi connectivity index (χ2n) is 8.11. The lowest BCUT2D eigenvalue weighted by Crippen LogP contribution is -2.90. The van der Waals surface area contributed by atoms with Gasteiger partial charge in [-0.1, -0.05) is 39.0 Å². The molecule has 2 nitrogen and oxygen atoms in total. The third kappa shape index (κ3) is 3.55. The van der Waals surface area contributed by atoms with E-state index in [-0.39, 0.29) is 0 Å². The van der Waals surface area contributed by atoms with Gasteiger partial charge in [-0.3, -0.25) is 0 Å². The lowest BCUT2D eigenvalue weighted by Gasteiger charge is -2.36. The second kappa shape index (κ2) is 6.45. The molecule has 0 radical (unpaired) electrons. The Morgan fingerprint density at radius 2 is 1.82 bits per heavy atom. The van der Waals surface area contributed by atoms with E-state index in [9.17, 15) is 0 Å². The Morgan fingerprint density at radius 1 is 1.09 bits per heavy atom. The molecule has 0 spiro atoms. The van der Waals surface area contributed by atoms with E-state index in [0.717, 1.165) is 12.0 Å². The Kier molecular flexibility index (Phi) is 4.58. The van der Waals surface area contributed by atoms with E-state index in [1.807, 2.05) is 0 Å². The summed E-state index contributed by atoms with van der Waals surface area (Å²) in [6.07, 6.45) is 8.99. The minimum Gasteiger partial charge on any atom is -0.361 e. The fourth-order valence-electron chi connectivity index (χ4n) is 4.03. The van der Waals surface area contributed by atoms with Crippen LogP contribution in [0.25, 0.3) is 10.9 Å². The number of benzene rings is 1. The molecule has 1 heterocycles. The van der Waals surface area contributed by atoms with Gasteiger partial charge in [0.2, 0.25) is 0 Å². The summed E-state index contributed by atoms with van der Waals surface area (Å²) in [5.74, 6) is 0.922. The molecule has 1 aromatic carbocycles. The zero-order valence-corrected chi connectivity index (χ0v) is 14.4. The zero-order chi connectivity index (χ0) is 15.6. The van der Waals surface area contributed by atoms with Crippen molar-refractivity contribution in [1.82, 2.24) is 4.98 Å². The quantitative estimate of drug-likeness (QED) is 0.859. The number of aromatic nitrogens is 1. The van der Waals surface area contributed by atoms with Gasteiger partial charge in [0.25, 0.3) is 0 Å². The molecule has 120 valence electrons. The fourth-order valence-corrected chi connectivity index (χ4v) is 4.03. The molecule has 1 aliphatic carbocycles. The van der Waals surface area contributed by atoms with Gasteiger partial charge in [-0.2, -0.15) is 0 Å². The number of aromatic amines is 1. The van der Waals surface area contributed by atoms with Crippen molar-refractivity contribution in [2.45, 2.75) is 58.9 Å². The molecule has 3 rings (SSSR count). The number of rotatable bonds is 4. The molecule has 1 saturated carbocycles. The number of hydrogen-bond acceptors (Lipinski definition) is 0. The number of hydrogen-bond donors (Lipinski definition) is 2. The molecule has 0 bridgehead atoms. The number of H-pyrrole nitrogens is 1. The number of para-hydroxylation sites is 1. The van der Waals surface area contributed by atoms with E-state index in [0.29, 0.717) is 5.41 Å².